The van der Waals surface area contributed by atoms with E-state index in [1.165, 1.54) is 24.6 Å². The van der Waals surface area contributed by atoms with Gasteiger partial charge in [0.15, 0.2) is 0 Å². The van der Waals surface area contributed by atoms with Crippen LogP contribution in [0.3, 0.4) is 0 Å². The normalized spacial score (nSPS) is 21.9. The molecular weight excluding hydrogens is 282 g/mol. The van der Waals surface area contributed by atoms with E-state index in [2.05, 4.69) is 10.2 Å². The molecule has 2 fully saturated rings. The van der Waals surface area contributed by atoms with Crippen molar-refractivity contribution in [3.05, 3.63) is 35.4 Å². The summed E-state index contributed by atoms with van der Waals surface area (Å²) in [6.07, 6.45) is 3.36. The summed E-state index contributed by atoms with van der Waals surface area (Å²) < 4.78 is 28.2. The molecule has 1 aliphatic heterocycles. The molecule has 1 saturated heterocycles. The Hall–Kier alpha value is -0.710. The van der Waals surface area contributed by atoms with Gasteiger partial charge in [0.1, 0.15) is 11.6 Å². The van der Waals surface area contributed by atoms with E-state index in [0.717, 1.165) is 39.0 Å². The molecule has 20 heavy (non-hydrogen) atoms. The van der Waals surface area contributed by atoms with Crippen molar-refractivity contribution in [1.29, 1.82) is 0 Å². The van der Waals surface area contributed by atoms with E-state index < -0.39 is 11.6 Å². The van der Waals surface area contributed by atoms with Gasteiger partial charge in [-0.15, -0.1) is 12.4 Å². The predicted molar refractivity (Wildman–Crippen MR) is 78.1 cm³/mol. The number of nitrogens with zero attached hydrogens (tertiary/aromatic N) is 1. The van der Waals surface area contributed by atoms with E-state index in [1.54, 1.807) is 0 Å². The third kappa shape index (κ3) is 2.97. The van der Waals surface area contributed by atoms with Gasteiger partial charge in [-0.05, 0) is 30.9 Å². The fraction of sp³-hybridized carbons (Fsp3) is 0.600. The van der Waals surface area contributed by atoms with E-state index in [1.807, 2.05) is 0 Å². The van der Waals surface area contributed by atoms with Crippen molar-refractivity contribution < 1.29 is 8.78 Å². The molecule has 0 amide bonds. The quantitative estimate of drug-likeness (QED) is 0.923. The molecule has 1 N–H and O–H groups in total. The second-order valence-corrected chi connectivity index (χ2v) is 5.56. The van der Waals surface area contributed by atoms with Crippen molar-refractivity contribution in [2.24, 2.45) is 5.92 Å². The van der Waals surface area contributed by atoms with Crippen LogP contribution in [0.25, 0.3) is 0 Å². The number of piperazine rings is 1. The number of nitrogens with one attached hydrogen (secondary N) is 1. The van der Waals surface area contributed by atoms with Gasteiger partial charge in [-0.1, -0.05) is 12.5 Å². The second kappa shape index (κ2) is 6.83. The van der Waals surface area contributed by atoms with Crippen LogP contribution in [0.5, 0.6) is 0 Å². The second-order valence-electron chi connectivity index (χ2n) is 5.56. The zero-order valence-corrected chi connectivity index (χ0v) is 12.3. The van der Waals surface area contributed by atoms with Crippen molar-refractivity contribution >= 4 is 12.4 Å². The van der Waals surface area contributed by atoms with Crippen LogP contribution >= 0.6 is 12.4 Å². The van der Waals surface area contributed by atoms with Crippen LogP contribution in [-0.4, -0.2) is 31.1 Å². The lowest BCUT2D eigenvalue weighted by atomic mass is 9.76. The summed E-state index contributed by atoms with van der Waals surface area (Å²) in [6, 6.07) is 4.12. The van der Waals surface area contributed by atoms with Crippen LogP contribution in [0.2, 0.25) is 0 Å². The minimum absolute atomic E-state index is 0. The van der Waals surface area contributed by atoms with Crippen LogP contribution in [0.1, 0.15) is 30.9 Å². The van der Waals surface area contributed by atoms with Crippen LogP contribution in [0.4, 0.5) is 8.78 Å². The maximum absolute atomic E-state index is 14.1. The molecule has 0 radical (unpaired) electrons. The smallest absolute Gasteiger partial charge is 0.130 e. The minimum atomic E-state index is -0.393. The van der Waals surface area contributed by atoms with Gasteiger partial charge in [-0.3, -0.25) is 4.90 Å². The van der Waals surface area contributed by atoms with E-state index in [4.69, 9.17) is 0 Å². The molecular formula is C15H21ClF2N2. The van der Waals surface area contributed by atoms with Crippen LogP contribution < -0.4 is 5.32 Å². The molecule has 112 valence electrons. The maximum atomic E-state index is 14.1. The number of rotatable bonds is 3. The van der Waals surface area contributed by atoms with E-state index in [0.29, 0.717) is 5.92 Å². The highest BCUT2D eigenvalue weighted by Gasteiger charge is 2.36. The van der Waals surface area contributed by atoms with Gasteiger partial charge in [-0.2, -0.15) is 0 Å². The molecule has 1 aromatic rings. The molecule has 5 heteroatoms. The summed E-state index contributed by atoms with van der Waals surface area (Å²) in [5.41, 5.74) is 0.286. The zero-order chi connectivity index (χ0) is 13.2. The van der Waals surface area contributed by atoms with Gasteiger partial charge < -0.3 is 5.32 Å². The Kier molecular flexibility index (Phi) is 5.35. The van der Waals surface area contributed by atoms with E-state index >= 15 is 0 Å². The van der Waals surface area contributed by atoms with Gasteiger partial charge in [0.05, 0.1) is 0 Å². The average Bonchev–Trinajstić information content (AvgIpc) is 2.36. The SMILES string of the molecule is Cl.Fc1cccc(F)c1[C@H](C1CCC1)N1CCNCC1. The first-order valence-electron chi connectivity index (χ1n) is 7.16. The molecule has 3 rings (SSSR count). The number of hydrogen-bond donors (Lipinski definition) is 1. The Balaban J connectivity index is 0.00000147. The van der Waals surface area contributed by atoms with Gasteiger partial charge in [0, 0.05) is 37.8 Å². The fourth-order valence-corrected chi connectivity index (χ4v) is 3.23. The molecule has 1 heterocycles. The highest BCUT2D eigenvalue weighted by atomic mass is 35.5. The van der Waals surface area contributed by atoms with Crippen molar-refractivity contribution in [2.45, 2.75) is 25.3 Å². The number of halogens is 3. The number of hydrogen-bond acceptors (Lipinski definition) is 2. The molecule has 2 aliphatic rings. The number of benzene rings is 1. The van der Waals surface area contributed by atoms with Crippen molar-refractivity contribution in [3.63, 3.8) is 0 Å². The van der Waals surface area contributed by atoms with E-state index in [9.17, 15) is 8.78 Å². The molecule has 0 spiro atoms. The van der Waals surface area contributed by atoms with Gasteiger partial charge in [0.25, 0.3) is 0 Å². The summed E-state index contributed by atoms with van der Waals surface area (Å²) in [7, 11) is 0. The van der Waals surface area contributed by atoms with Crippen LogP contribution in [0.15, 0.2) is 18.2 Å². The molecule has 0 aromatic heterocycles. The zero-order valence-electron chi connectivity index (χ0n) is 11.4. The molecule has 1 atom stereocenters. The Morgan fingerprint density at radius 2 is 1.70 bits per heavy atom. The van der Waals surface area contributed by atoms with Gasteiger partial charge in [0.2, 0.25) is 0 Å². The Morgan fingerprint density at radius 3 is 2.20 bits per heavy atom. The lowest BCUT2D eigenvalue weighted by Gasteiger charge is -2.43. The Morgan fingerprint density at radius 1 is 1.10 bits per heavy atom. The van der Waals surface area contributed by atoms with Crippen LogP contribution in [-0.2, 0) is 0 Å². The summed E-state index contributed by atoms with van der Waals surface area (Å²) in [4.78, 5) is 2.25. The Labute approximate surface area is 124 Å². The van der Waals surface area contributed by atoms with Crippen molar-refractivity contribution in [2.75, 3.05) is 26.2 Å². The van der Waals surface area contributed by atoms with Gasteiger partial charge >= 0.3 is 0 Å². The third-order valence-electron chi connectivity index (χ3n) is 4.44. The largest absolute Gasteiger partial charge is 0.314 e. The topological polar surface area (TPSA) is 15.3 Å². The molecule has 2 nitrogen and oxygen atoms in total. The third-order valence-corrected chi connectivity index (χ3v) is 4.44. The van der Waals surface area contributed by atoms with E-state index in [-0.39, 0.29) is 24.0 Å². The monoisotopic (exact) mass is 302 g/mol. The lowest BCUT2D eigenvalue weighted by Crippen LogP contribution is -2.48. The summed E-state index contributed by atoms with van der Waals surface area (Å²) in [5, 5.41) is 3.30. The first kappa shape index (κ1) is 15.7. The molecule has 1 saturated carbocycles. The van der Waals surface area contributed by atoms with Crippen LogP contribution in [0, 0.1) is 17.6 Å². The van der Waals surface area contributed by atoms with Crippen molar-refractivity contribution in [1.82, 2.24) is 10.2 Å². The lowest BCUT2D eigenvalue weighted by molar-refractivity contribution is 0.0784. The Bertz CT molecular complexity index is 425. The molecule has 1 aromatic carbocycles. The average molecular weight is 303 g/mol. The fourth-order valence-electron chi connectivity index (χ4n) is 3.23. The summed E-state index contributed by atoms with van der Waals surface area (Å²) >= 11 is 0. The maximum Gasteiger partial charge on any atom is 0.130 e. The predicted octanol–water partition coefficient (Wildman–Crippen LogP) is 3.13. The highest BCUT2D eigenvalue weighted by molar-refractivity contribution is 5.85. The first-order valence-corrected chi connectivity index (χ1v) is 7.16. The van der Waals surface area contributed by atoms with Gasteiger partial charge in [-0.25, -0.2) is 8.78 Å². The molecule has 1 aliphatic carbocycles. The first-order chi connectivity index (χ1) is 9.27. The molecule has 0 unspecified atom stereocenters. The summed E-state index contributed by atoms with van der Waals surface area (Å²) in [6.45, 7) is 3.54. The van der Waals surface area contributed by atoms with Crippen molar-refractivity contribution in [3.8, 4) is 0 Å². The summed E-state index contributed by atoms with van der Waals surface area (Å²) in [5.74, 6) is -0.379. The molecule has 0 bridgehead atoms. The standard InChI is InChI=1S/C15H20F2N2.ClH/c16-12-5-2-6-13(17)14(12)15(11-3-1-4-11)19-9-7-18-8-10-19;/h2,5-6,11,15,18H,1,3-4,7-10H2;1H/t15-;/m0./s1. The highest BCUT2D eigenvalue weighted by Crippen LogP contribution is 2.43. The minimum Gasteiger partial charge on any atom is -0.314 e.